The van der Waals surface area contributed by atoms with E-state index in [9.17, 15) is 9.90 Å². The van der Waals surface area contributed by atoms with Crippen molar-refractivity contribution in [3.8, 4) is 17.3 Å². The minimum Gasteiger partial charge on any atom is -0.482 e. The van der Waals surface area contributed by atoms with Crippen molar-refractivity contribution in [3.05, 3.63) is 47.3 Å². The molecule has 0 spiro atoms. The second kappa shape index (κ2) is 8.01. The van der Waals surface area contributed by atoms with Crippen molar-refractivity contribution in [2.45, 2.75) is 33.5 Å². The fraction of sp³-hybridized carbons (Fsp3) is 0.318. The molecule has 0 aliphatic heterocycles. The van der Waals surface area contributed by atoms with E-state index >= 15 is 0 Å². The van der Waals surface area contributed by atoms with Gasteiger partial charge in [-0.3, -0.25) is 8.97 Å². The Balaban J connectivity index is 1.95. The Morgan fingerprint density at radius 1 is 1.26 bits per heavy atom. The first-order valence-corrected chi connectivity index (χ1v) is 10.0. The highest BCUT2D eigenvalue weighted by molar-refractivity contribution is 5.91. The first kappa shape index (κ1) is 20.8. The smallest absolute Gasteiger partial charge is 0.338 e. The van der Waals surface area contributed by atoms with Gasteiger partial charge in [0, 0.05) is 17.5 Å². The lowest BCUT2D eigenvalue weighted by Crippen LogP contribution is -2.08. The zero-order chi connectivity index (χ0) is 22.3. The molecule has 4 heterocycles. The Kier molecular flexibility index (Phi) is 5.38. The number of hydrogen-bond acceptors (Lipinski definition) is 7. The summed E-state index contributed by atoms with van der Waals surface area (Å²) in [5.41, 5.74) is 10.4. The van der Waals surface area contributed by atoms with E-state index in [4.69, 9.17) is 20.2 Å². The molecule has 31 heavy (non-hydrogen) atoms. The van der Waals surface area contributed by atoms with E-state index in [-0.39, 0.29) is 19.4 Å². The molecule has 0 bridgehead atoms. The number of nitrogens with two attached hydrogens (primary N) is 1. The lowest BCUT2D eigenvalue weighted by Gasteiger charge is -2.09. The second-order valence-electron chi connectivity index (χ2n) is 7.28. The molecule has 4 aromatic rings. The van der Waals surface area contributed by atoms with Crippen LogP contribution in [0.3, 0.4) is 0 Å². The SMILES string of the molecule is CCOC(=O)c1cc(OC)n2c(C)c(-c3cc4ccc([C@@H](C)N)nc4n3CO)nc2c1. The Bertz CT molecular complexity index is 1290. The Hall–Kier alpha value is -3.43. The van der Waals surface area contributed by atoms with Crippen LogP contribution in [-0.4, -0.2) is 43.7 Å². The Morgan fingerprint density at radius 3 is 2.68 bits per heavy atom. The molecule has 0 amide bonds. The van der Waals surface area contributed by atoms with E-state index in [2.05, 4.69) is 4.98 Å². The van der Waals surface area contributed by atoms with E-state index < -0.39 is 5.97 Å². The predicted octanol–water partition coefficient (Wildman–Crippen LogP) is 2.81. The number of fused-ring (bicyclic) bond motifs is 2. The molecule has 0 aliphatic carbocycles. The fourth-order valence-electron chi connectivity index (χ4n) is 3.74. The highest BCUT2D eigenvalue weighted by Gasteiger charge is 2.21. The summed E-state index contributed by atoms with van der Waals surface area (Å²) in [7, 11) is 1.53. The van der Waals surface area contributed by atoms with Crippen molar-refractivity contribution < 1.29 is 19.4 Å². The highest BCUT2D eigenvalue weighted by atomic mass is 16.5. The summed E-state index contributed by atoms with van der Waals surface area (Å²) >= 11 is 0. The minimum atomic E-state index is -0.442. The van der Waals surface area contributed by atoms with Crippen molar-refractivity contribution in [3.63, 3.8) is 0 Å². The maximum Gasteiger partial charge on any atom is 0.338 e. The first-order chi connectivity index (χ1) is 14.9. The number of carbonyl (C=O) groups is 1. The number of rotatable bonds is 6. The molecule has 0 aromatic carbocycles. The molecule has 0 unspecified atom stereocenters. The molecule has 0 saturated carbocycles. The van der Waals surface area contributed by atoms with Crippen LogP contribution in [0.15, 0.2) is 30.3 Å². The third kappa shape index (κ3) is 3.41. The number of esters is 1. The van der Waals surface area contributed by atoms with Gasteiger partial charge in [0.1, 0.15) is 23.7 Å². The summed E-state index contributed by atoms with van der Waals surface area (Å²) < 4.78 is 14.1. The molecule has 0 fully saturated rings. The highest BCUT2D eigenvalue weighted by Crippen LogP contribution is 2.32. The number of nitrogens with zero attached hydrogens (tertiary/aromatic N) is 4. The fourth-order valence-corrected chi connectivity index (χ4v) is 3.74. The van der Waals surface area contributed by atoms with Gasteiger partial charge in [-0.15, -0.1) is 0 Å². The minimum absolute atomic E-state index is 0.225. The maximum absolute atomic E-state index is 12.3. The van der Waals surface area contributed by atoms with Crippen LogP contribution in [0.2, 0.25) is 0 Å². The largest absolute Gasteiger partial charge is 0.482 e. The van der Waals surface area contributed by atoms with Gasteiger partial charge in [0.15, 0.2) is 5.88 Å². The molecule has 3 N–H and O–H groups in total. The van der Waals surface area contributed by atoms with E-state index in [1.165, 1.54) is 7.11 Å². The number of imidazole rings is 1. The van der Waals surface area contributed by atoms with Gasteiger partial charge in [0.05, 0.1) is 36.4 Å². The quantitative estimate of drug-likeness (QED) is 0.458. The van der Waals surface area contributed by atoms with Crippen LogP contribution in [0.5, 0.6) is 5.88 Å². The number of aromatic nitrogens is 4. The van der Waals surface area contributed by atoms with E-state index in [0.29, 0.717) is 34.1 Å². The van der Waals surface area contributed by atoms with Gasteiger partial charge in [-0.2, -0.15) is 0 Å². The van der Waals surface area contributed by atoms with Crippen LogP contribution in [0, 0.1) is 6.92 Å². The molecule has 0 radical (unpaired) electrons. The third-order valence-electron chi connectivity index (χ3n) is 5.25. The number of hydrogen-bond donors (Lipinski definition) is 2. The summed E-state index contributed by atoms with van der Waals surface area (Å²) in [6.07, 6.45) is 0. The number of aliphatic hydroxyl groups excluding tert-OH is 1. The number of pyridine rings is 2. The van der Waals surface area contributed by atoms with Gasteiger partial charge in [0.2, 0.25) is 0 Å². The van der Waals surface area contributed by atoms with Gasteiger partial charge in [0.25, 0.3) is 0 Å². The van der Waals surface area contributed by atoms with Crippen molar-refractivity contribution in [2.24, 2.45) is 5.73 Å². The molecule has 0 saturated heterocycles. The Labute approximate surface area is 179 Å². The molecular weight excluding hydrogens is 398 g/mol. The number of aryl methyl sites for hydroxylation is 1. The van der Waals surface area contributed by atoms with Crippen LogP contribution in [0.4, 0.5) is 0 Å². The van der Waals surface area contributed by atoms with Crippen LogP contribution in [-0.2, 0) is 11.5 Å². The summed E-state index contributed by atoms with van der Waals surface area (Å²) in [6, 6.07) is 8.80. The van der Waals surface area contributed by atoms with Gasteiger partial charge in [-0.05, 0) is 45.0 Å². The molecule has 1 atom stereocenters. The monoisotopic (exact) mass is 423 g/mol. The average molecular weight is 423 g/mol. The molecule has 9 heteroatoms. The van der Waals surface area contributed by atoms with Crippen molar-refractivity contribution >= 4 is 22.6 Å². The first-order valence-electron chi connectivity index (χ1n) is 10.0. The van der Waals surface area contributed by atoms with Crippen LogP contribution < -0.4 is 10.5 Å². The third-order valence-corrected chi connectivity index (χ3v) is 5.25. The van der Waals surface area contributed by atoms with Crippen molar-refractivity contribution in [2.75, 3.05) is 13.7 Å². The molecule has 162 valence electrons. The molecule has 4 aromatic heterocycles. The van der Waals surface area contributed by atoms with E-state index in [1.807, 2.05) is 36.4 Å². The maximum atomic E-state index is 12.3. The predicted molar refractivity (Wildman–Crippen MR) is 116 cm³/mol. The van der Waals surface area contributed by atoms with Gasteiger partial charge in [-0.25, -0.2) is 14.8 Å². The lowest BCUT2D eigenvalue weighted by atomic mass is 10.2. The molecule has 0 aliphatic rings. The summed E-state index contributed by atoms with van der Waals surface area (Å²) in [5, 5.41) is 11.0. The standard InChI is InChI=1S/C22H25N5O4/c1-5-31-22(29)15-9-18-25-20(13(3)27(18)19(10-15)30-4)17-8-14-6-7-16(12(2)23)24-21(14)26(17)11-28/h6-10,12,28H,5,11,23H2,1-4H3/t12-/m1/s1. The van der Waals surface area contributed by atoms with Gasteiger partial charge >= 0.3 is 5.97 Å². The van der Waals surface area contributed by atoms with Gasteiger partial charge in [-0.1, -0.05) is 0 Å². The van der Waals surface area contributed by atoms with Crippen molar-refractivity contribution in [1.29, 1.82) is 0 Å². The molecular formula is C22H25N5O4. The van der Waals surface area contributed by atoms with Crippen LogP contribution in [0.25, 0.3) is 28.1 Å². The van der Waals surface area contributed by atoms with Crippen molar-refractivity contribution in [1.82, 2.24) is 18.9 Å². The normalized spacial score (nSPS) is 12.5. The molecule has 9 nitrogen and oxygen atoms in total. The number of aliphatic hydroxyl groups is 1. The molecule has 4 rings (SSSR count). The van der Waals surface area contributed by atoms with E-state index in [1.54, 1.807) is 23.6 Å². The van der Waals surface area contributed by atoms with Crippen LogP contribution >= 0.6 is 0 Å². The lowest BCUT2D eigenvalue weighted by molar-refractivity contribution is 0.0526. The topological polar surface area (TPSA) is 117 Å². The Morgan fingerprint density at radius 2 is 2.03 bits per heavy atom. The van der Waals surface area contributed by atoms with Gasteiger partial charge < -0.3 is 20.3 Å². The number of carbonyl (C=O) groups excluding carboxylic acids is 1. The zero-order valence-electron chi connectivity index (χ0n) is 17.9. The summed E-state index contributed by atoms with van der Waals surface area (Å²) in [6.45, 7) is 5.53. The summed E-state index contributed by atoms with van der Waals surface area (Å²) in [4.78, 5) is 21.6. The van der Waals surface area contributed by atoms with Crippen LogP contribution in [0.1, 0.15) is 41.6 Å². The second-order valence-corrected chi connectivity index (χ2v) is 7.28. The number of methoxy groups -OCH3 is 1. The average Bonchev–Trinajstić information content (AvgIpc) is 3.29. The zero-order valence-corrected chi connectivity index (χ0v) is 17.9. The summed E-state index contributed by atoms with van der Waals surface area (Å²) in [5.74, 6) is 0.0171. The number of ether oxygens (including phenoxy) is 2. The van der Waals surface area contributed by atoms with E-state index in [0.717, 1.165) is 16.8 Å².